The third-order valence-electron chi connectivity index (χ3n) is 4.19. The number of nitrogens with zero attached hydrogens (tertiary/aromatic N) is 4. The highest BCUT2D eigenvalue weighted by Crippen LogP contribution is 2.35. The van der Waals surface area contributed by atoms with E-state index in [2.05, 4.69) is 30.2 Å². The van der Waals surface area contributed by atoms with Gasteiger partial charge in [-0.1, -0.05) is 12.1 Å². The van der Waals surface area contributed by atoms with Gasteiger partial charge in [-0.05, 0) is 24.3 Å². The fourth-order valence-electron chi connectivity index (χ4n) is 2.76. The molecule has 0 atom stereocenters. The van der Waals surface area contributed by atoms with Gasteiger partial charge in [0.25, 0.3) is 0 Å². The van der Waals surface area contributed by atoms with Crippen LogP contribution < -0.4 is 11.1 Å². The van der Waals surface area contributed by atoms with Crippen molar-refractivity contribution >= 4 is 28.7 Å². The van der Waals surface area contributed by atoms with Crippen molar-refractivity contribution in [2.75, 3.05) is 11.1 Å². The van der Waals surface area contributed by atoms with Crippen LogP contribution in [-0.4, -0.2) is 24.9 Å². The average Bonchev–Trinajstić information content (AvgIpc) is 3.10. The lowest BCUT2D eigenvalue weighted by Gasteiger charge is -2.11. The van der Waals surface area contributed by atoms with E-state index in [0.29, 0.717) is 0 Å². The molecule has 0 fully saturated rings. The van der Waals surface area contributed by atoms with Gasteiger partial charge in [0, 0.05) is 11.8 Å². The van der Waals surface area contributed by atoms with Crippen molar-refractivity contribution in [2.45, 2.75) is 12.4 Å². The van der Waals surface area contributed by atoms with Gasteiger partial charge < -0.3 is 16.0 Å². The Labute approximate surface area is 169 Å². The first-order valence-electron chi connectivity index (χ1n) is 8.52. The number of nitrogen functional groups attached to an aromatic ring is 1. The van der Waals surface area contributed by atoms with Crippen LogP contribution in [0.1, 0.15) is 11.1 Å². The molecule has 0 saturated heterocycles. The summed E-state index contributed by atoms with van der Waals surface area (Å²) in [7, 11) is 0. The summed E-state index contributed by atoms with van der Waals surface area (Å²) in [5.41, 5.74) is 4.43. The number of nitrogens with one attached hydrogen (secondary N) is 2. The van der Waals surface area contributed by atoms with E-state index in [4.69, 9.17) is 5.73 Å². The molecule has 0 aliphatic rings. The van der Waals surface area contributed by atoms with Crippen molar-refractivity contribution in [3.8, 4) is 11.4 Å². The van der Waals surface area contributed by atoms with Crippen LogP contribution in [0.2, 0.25) is 0 Å². The zero-order chi connectivity index (χ0) is 22.4. The molecule has 4 N–H and O–H groups in total. The van der Waals surface area contributed by atoms with E-state index in [9.17, 15) is 26.3 Å². The van der Waals surface area contributed by atoms with Crippen LogP contribution in [0.5, 0.6) is 0 Å². The van der Waals surface area contributed by atoms with Crippen LogP contribution in [0.3, 0.4) is 0 Å². The quantitative estimate of drug-likeness (QED) is 0.397. The Hall–Kier alpha value is -3.90. The van der Waals surface area contributed by atoms with Gasteiger partial charge in [0.15, 0.2) is 22.8 Å². The Morgan fingerprint density at radius 2 is 1.58 bits per heavy atom. The minimum absolute atomic E-state index is 0.0164. The summed E-state index contributed by atoms with van der Waals surface area (Å²) in [6.45, 7) is 0. The molecule has 0 amide bonds. The fourth-order valence-corrected chi connectivity index (χ4v) is 2.76. The summed E-state index contributed by atoms with van der Waals surface area (Å²) in [4.78, 5) is 18.6. The number of benzene rings is 1. The fraction of sp³-hybridized carbons (Fsp3) is 0.111. The van der Waals surface area contributed by atoms with Gasteiger partial charge in [-0.25, -0.2) is 19.9 Å². The number of aromatic amines is 1. The summed E-state index contributed by atoms with van der Waals surface area (Å²) >= 11 is 0. The van der Waals surface area contributed by atoms with Crippen molar-refractivity contribution in [1.82, 2.24) is 24.9 Å². The minimum atomic E-state index is -4.64. The lowest BCUT2D eigenvalue weighted by molar-refractivity contribution is -0.138. The normalized spacial score (nSPS) is 12.3. The molecule has 0 aliphatic carbocycles. The molecule has 4 aromatic rings. The molecule has 0 unspecified atom stereocenters. The number of imidazole rings is 1. The third kappa shape index (κ3) is 4.06. The maximum Gasteiger partial charge on any atom is 0.419 e. The number of halogens is 6. The Morgan fingerprint density at radius 3 is 2.23 bits per heavy atom. The molecular weight excluding hydrogens is 428 g/mol. The number of pyridine rings is 1. The first kappa shape index (κ1) is 20.4. The Kier molecular flexibility index (Phi) is 4.67. The first-order chi connectivity index (χ1) is 14.5. The van der Waals surface area contributed by atoms with E-state index in [1.54, 1.807) is 0 Å². The van der Waals surface area contributed by atoms with Crippen molar-refractivity contribution in [1.29, 1.82) is 0 Å². The number of fused-ring (bicyclic) bond motifs is 1. The second-order valence-electron chi connectivity index (χ2n) is 6.31. The molecule has 0 saturated carbocycles. The zero-order valence-corrected chi connectivity index (χ0v) is 15.2. The Bertz CT molecular complexity index is 1250. The molecule has 0 radical (unpaired) electrons. The van der Waals surface area contributed by atoms with E-state index in [-0.39, 0.29) is 34.3 Å². The van der Waals surface area contributed by atoms with Crippen LogP contribution in [0.25, 0.3) is 22.6 Å². The molecule has 0 spiro atoms. The summed E-state index contributed by atoms with van der Waals surface area (Å²) < 4.78 is 77.6. The molecule has 1 aromatic carbocycles. The van der Waals surface area contributed by atoms with Crippen LogP contribution in [0.15, 0.2) is 42.6 Å². The highest BCUT2D eigenvalue weighted by molar-refractivity contribution is 5.85. The average molecular weight is 439 g/mol. The molecule has 0 aliphatic heterocycles. The number of nitrogens with two attached hydrogens (primary N) is 1. The number of anilines is 3. The second-order valence-corrected chi connectivity index (χ2v) is 6.31. The van der Waals surface area contributed by atoms with Gasteiger partial charge in [0.05, 0.1) is 11.1 Å². The maximum absolute atomic E-state index is 13.1. The van der Waals surface area contributed by atoms with Gasteiger partial charge in [-0.2, -0.15) is 26.3 Å². The van der Waals surface area contributed by atoms with Crippen molar-refractivity contribution in [2.24, 2.45) is 0 Å². The van der Waals surface area contributed by atoms with Crippen LogP contribution in [0, 0.1) is 0 Å². The standard InChI is InChI=1S/C18H11F6N7/c19-17(20,21)9-5-3-8(4-6-9)13-28-12(25)11-15(29-13)31-16(27-11)30-14-10(18(22,23)24)2-1-7-26-14/h1-7H,(H4,25,26,27,28,29,30,31). The molecular formula is C18H11F6N7. The topological polar surface area (TPSA) is 105 Å². The number of aromatic nitrogens is 5. The van der Waals surface area contributed by atoms with Gasteiger partial charge in [-0.15, -0.1) is 0 Å². The van der Waals surface area contributed by atoms with Crippen molar-refractivity contribution in [3.05, 3.63) is 53.7 Å². The van der Waals surface area contributed by atoms with Gasteiger partial charge in [0.2, 0.25) is 5.95 Å². The smallest absolute Gasteiger partial charge is 0.382 e. The number of H-pyrrole nitrogens is 1. The summed E-state index contributed by atoms with van der Waals surface area (Å²) in [5, 5.41) is 2.43. The van der Waals surface area contributed by atoms with Crippen LogP contribution in [0.4, 0.5) is 43.9 Å². The zero-order valence-electron chi connectivity index (χ0n) is 15.2. The monoisotopic (exact) mass is 439 g/mol. The lowest BCUT2D eigenvalue weighted by atomic mass is 10.1. The number of rotatable bonds is 3. The maximum atomic E-state index is 13.1. The highest BCUT2D eigenvalue weighted by atomic mass is 19.4. The predicted octanol–water partition coefficient (Wildman–Crippen LogP) is 4.78. The Morgan fingerprint density at radius 1 is 0.871 bits per heavy atom. The third-order valence-corrected chi connectivity index (χ3v) is 4.19. The second kappa shape index (κ2) is 7.11. The molecule has 0 bridgehead atoms. The lowest BCUT2D eigenvalue weighted by Crippen LogP contribution is -2.10. The number of hydrogen-bond acceptors (Lipinski definition) is 6. The van der Waals surface area contributed by atoms with Crippen LogP contribution in [-0.2, 0) is 12.4 Å². The van der Waals surface area contributed by atoms with E-state index >= 15 is 0 Å². The number of alkyl halides is 6. The summed E-state index contributed by atoms with van der Waals surface area (Å²) in [5.74, 6) is -0.697. The molecule has 3 heterocycles. The van der Waals surface area contributed by atoms with Crippen molar-refractivity contribution < 1.29 is 26.3 Å². The molecule has 7 nitrogen and oxygen atoms in total. The summed E-state index contributed by atoms with van der Waals surface area (Å²) in [6, 6.07) is 6.11. The highest BCUT2D eigenvalue weighted by Gasteiger charge is 2.34. The number of hydrogen-bond donors (Lipinski definition) is 3. The molecule has 3 aromatic heterocycles. The molecule has 13 heteroatoms. The first-order valence-corrected chi connectivity index (χ1v) is 8.52. The summed E-state index contributed by atoms with van der Waals surface area (Å²) in [6.07, 6.45) is -7.96. The van der Waals surface area contributed by atoms with Gasteiger partial charge in [-0.3, -0.25) is 0 Å². The minimum Gasteiger partial charge on any atom is -0.382 e. The van der Waals surface area contributed by atoms with E-state index in [1.165, 1.54) is 18.3 Å². The molecule has 31 heavy (non-hydrogen) atoms. The molecule has 160 valence electrons. The SMILES string of the molecule is Nc1nc(-c2ccc(C(F)(F)F)cc2)nc2[nH]c(Nc3ncccc3C(F)(F)F)nc12. The van der Waals surface area contributed by atoms with E-state index in [1.807, 2.05) is 0 Å². The van der Waals surface area contributed by atoms with E-state index < -0.39 is 29.3 Å². The Balaban J connectivity index is 1.69. The van der Waals surface area contributed by atoms with Gasteiger partial charge >= 0.3 is 12.4 Å². The largest absolute Gasteiger partial charge is 0.419 e. The molecule has 4 rings (SSSR count). The predicted molar refractivity (Wildman–Crippen MR) is 99.1 cm³/mol. The van der Waals surface area contributed by atoms with Gasteiger partial charge in [0.1, 0.15) is 5.82 Å². The van der Waals surface area contributed by atoms with Crippen LogP contribution >= 0.6 is 0 Å². The van der Waals surface area contributed by atoms with E-state index in [0.717, 1.165) is 24.3 Å². The van der Waals surface area contributed by atoms with Crippen molar-refractivity contribution in [3.63, 3.8) is 0 Å².